The predicted octanol–water partition coefficient (Wildman–Crippen LogP) is 1.93. The zero-order valence-electron chi connectivity index (χ0n) is 6.57. The van der Waals surface area contributed by atoms with Crippen LogP contribution in [0.2, 0.25) is 0 Å². The van der Waals surface area contributed by atoms with Crippen molar-refractivity contribution in [3.8, 4) is 0 Å². The van der Waals surface area contributed by atoms with Gasteiger partial charge in [-0.15, -0.1) is 0 Å². The molecule has 0 amide bonds. The maximum atomic E-state index is 10.0. The van der Waals surface area contributed by atoms with Gasteiger partial charge in [0.05, 0.1) is 5.69 Å². The van der Waals surface area contributed by atoms with E-state index in [2.05, 4.69) is 26.5 Å². The molecule has 0 aliphatic carbocycles. The molecule has 1 aromatic rings. The first kappa shape index (κ1) is 9.73. The molecule has 0 fully saturated rings. The number of hydrazone groups is 1. The van der Waals surface area contributed by atoms with Gasteiger partial charge in [-0.05, 0) is 24.3 Å². The SMILES string of the molecule is O=C(O)C=NNc1ccc(Br)cc1. The average Bonchev–Trinajstić information content (AvgIpc) is 2.08. The van der Waals surface area contributed by atoms with E-state index in [0.717, 1.165) is 16.4 Å². The van der Waals surface area contributed by atoms with E-state index in [4.69, 9.17) is 5.11 Å². The summed E-state index contributed by atoms with van der Waals surface area (Å²) in [7, 11) is 0. The molecule has 0 heterocycles. The number of benzene rings is 1. The topological polar surface area (TPSA) is 61.7 Å². The summed E-state index contributed by atoms with van der Waals surface area (Å²) in [5.41, 5.74) is 3.31. The fourth-order valence-electron chi connectivity index (χ4n) is 0.686. The van der Waals surface area contributed by atoms with Crippen LogP contribution in [0, 0.1) is 0 Å². The third kappa shape index (κ3) is 3.71. The second-order valence-corrected chi connectivity index (χ2v) is 3.13. The van der Waals surface area contributed by atoms with E-state index >= 15 is 0 Å². The highest BCUT2D eigenvalue weighted by atomic mass is 79.9. The molecule has 1 aromatic carbocycles. The predicted molar refractivity (Wildman–Crippen MR) is 53.9 cm³/mol. The average molecular weight is 243 g/mol. The number of hydrogen-bond acceptors (Lipinski definition) is 3. The van der Waals surface area contributed by atoms with E-state index in [0.29, 0.717) is 0 Å². The Hall–Kier alpha value is -1.36. The van der Waals surface area contributed by atoms with Gasteiger partial charge in [-0.1, -0.05) is 15.9 Å². The number of rotatable bonds is 3. The lowest BCUT2D eigenvalue weighted by molar-refractivity contribution is -0.128. The minimum absolute atomic E-state index is 0.737. The van der Waals surface area contributed by atoms with Crippen LogP contribution in [0.4, 0.5) is 5.69 Å². The molecule has 0 aromatic heterocycles. The molecule has 0 bridgehead atoms. The molecule has 2 N–H and O–H groups in total. The van der Waals surface area contributed by atoms with E-state index in [9.17, 15) is 4.79 Å². The Labute approximate surface area is 83.4 Å². The summed E-state index contributed by atoms with van der Waals surface area (Å²) in [5, 5.41) is 11.7. The first-order chi connectivity index (χ1) is 6.18. The van der Waals surface area contributed by atoms with Crippen LogP contribution in [0.15, 0.2) is 33.8 Å². The number of aliphatic carboxylic acids is 1. The van der Waals surface area contributed by atoms with Crippen molar-refractivity contribution in [1.29, 1.82) is 0 Å². The largest absolute Gasteiger partial charge is 0.477 e. The molecule has 0 aliphatic heterocycles. The Kier molecular flexibility index (Phi) is 3.45. The highest BCUT2D eigenvalue weighted by Crippen LogP contribution is 2.13. The summed E-state index contributed by atoms with van der Waals surface area (Å²) in [6.07, 6.45) is 0.794. The number of nitrogens with zero attached hydrogens (tertiary/aromatic N) is 1. The lowest BCUT2D eigenvalue weighted by Gasteiger charge is -1.97. The molecule has 0 saturated heterocycles. The second-order valence-electron chi connectivity index (χ2n) is 2.22. The Morgan fingerprint density at radius 2 is 2.08 bits per heavy atom. The van der Waals surface area contributed by atoms with Crippen LogP contribution in [0.5, 0.6) is 0 Å². The quantitative estimate of drug-likeness (QED) is 0.629. The van der Waals surface area contributed by atoms with E-state index in [-0.39, 0.29) is 0 Å². The molecule has 0 radical (unpaired) electrons. The Balaban J connectivity index is 2.55. The highest BCUT2D eigenvalue weighted by molar-refractivity contribution is 9.10. The van der Waals surface area contributed by atoms with Gasteiger partial charge in [0.25, 0.3) is 0 Å². The van der Waals surface area contributed by atoms with Crippen LogP contribution in [0.3, 0.4) is 0 Å². The Bertz CT molecular complexity index is 321. The summed E-state index contributed by atoms with van der Waals surface area (Å²) in [6.45, 7) is 0. The number of carbonyl (C=O) groups is 1. The van der Waals surface area contributed by atoms with Crippen LogP contribution in [0.25, 0.3) is 0 Å². The van der Waals surface area contributed by atoms with Gasteiger partial charge >= 0.3 is 5.97 Å². The first-order valence-electron chi connectivity index (χ1n) is 3.46. The summed E-state index contributed by atoms with van der Waals surface area (Å²) >= 11 is 3.28. The molecule has 5 heteroatoms. The summed E-state index contributed by atoms with van der Waals surface area (Å²) < 4.78 is 0.959. The Morgan fingerprint density at radius 1 is 1.46 bits per heavy atom. The van der Waals surface area contributed by atoms with Gasteiger partial charge in [0.15, 0.2) is 0 Å². The monoisotopic (exact) mass is 242 g/mol. The summed E-state index contributed by atoms with van der Waals surface area (Å²) in [5.74, 6) is -1.08. The fourth-order valence-corrected chi connectivity index (χ4v) is 0.951. The maximum absolute atomic E-state index is 10.0. The molecule has 1 rings (SSSR count). The molecule has 68 valence electrons. The van der Waals surface area contributed by atoms with Gasteiger partial charge < -0.3 is 5.11 Å². The second kappa shape index (κ2) is 4.61. The number of nitrogens with one attached hydrogen (secondary N) is 1. The zero-order chi connectivity index (χ0) is 9.68. The van der Waals surface area contributed by atoms with Crippen molar-refractivity contribution in [2.45, 2.75) is 0 Å². The van der Waals surface area contributed by atoms with Crippen molar-refractivity contribution in [3.05, 3.63) is 28.7 Å². The number of halogens is 1. The van der Waals surface area contributed by atoms with Gasteiger partial charge in [0.2, 0.25) is 0 Å². The van der Waals surface area contributed by atoms with Gasteiger partial charge in [0, 0.05) is 4.47 Å². The molecule has 0 spiro atoms. The van der Waals surface area contributed by atoms with Crippen LogP contribution < -0.4 is 5.43 Å². The molecular formula is C8H7BrN2O2. The van der Waals surface area contributed by atoms with Gasteiger partial charge in [-0.25, -0.2) is 4.79 Å². The maximum Gasteiger partial charge on any atom is 0.348 e. The van der Waals surface area contributed by atoms with Crippen LogP contribution in [0.1, 0.15) is 0 Å². The minimum atomic E-state index is -1.08. The standard InChI is InChI=1S/C8H7BrN2O2/c9-6-1-3-7(4-2-6)11-10-5-8(12)13/h1-5,11H,(H,12,13). The van der Waals surface area contributed by atoms with Crippen molar-refractivity contribution < 1.29 is 9.90 Å². The number of hydrogen-bond donors (Lipinski definition) is 2. The number of carboxylic acid groups (broad SMARTS) is 1. The van der Waals surface area contributed by atoms with Gasteiger partial charge in [-0.2, -0.15) is 5.10 Å². The van der Waals surface area contributed by atoms with E-state index < -0.39 is 5.97 Å². The number of anilines is 1. The fraction of sp³-hybridized carbons (Fsp3) is 0. The van der Waals surface area contributed by atoms with Crippen molar-refractivity contribution in [2.24, 2.45) is 5.10 Å². The molecule has 4 nitrogen and oxygen atoms in total. The Morgan fingerprint density at radius 3 is 2.62 bits per heavy atom. The third-order valence-electron chi connectivity index (χ3n) is 1.21. The van der Waals surface area contributed by atoms with Gasteiger partial charge in [-0.3, -0.25) is 5.43 Å². The van der Waals surface area contributed by atoms with E-state index in [1.54, 1.807) is 12.1 Å². The minimum Gasteiger partial charge on any atom is -0.477 e. The highest BCUT2D eigenvalue weighted by Gasteiger charge is 1.89. The van der Waals surface area contributed by atoms with Crippen molar-refractivity contribution >= 4 is 33.8 Å². The van der Waals surface area contributed by atoms with Crippen molar-refractivity contribution in [2.75, 3.05) is 5.43 Å². The third-order valence-corrected chi connectivity index (χ3v) is 1.74. The molecule has 0 saturated carbocycles. The molecule has 13 heavy (non-hydrogen) atoms. The lowest BCUT2D eigenvalue weighted by Crippen LogP contribution is -1.98. The molecular weight excluding hydrogens is 236 g/mol. The zero-order valence-corrected chi connectivity index (χ0v) is 8.15. The summed E-state index contributed by atoms with van der Waals surface area (Å²) in [6, 6.07) is 7.23. The van der Waals surface area contributed by atoms with Crippen molar-refractivity contribution in [3.63, 3.8) is 0 Å². The molecule has 0 unspecified atom stereocenters. The molecule has 0 atom stereocenters. The van der Waals surface area contributed by atoms with Crippen LogP contribution in [-0.4, -0.2) is 17.3 Å². The van der Waals surface area contributed by atoms with E-state index in [1.165, 1.54) is 0 Å². The molecule has 0 aliphatic rings. The van der Waals surface area contributed by atoms with Crippen molar-refractivity contribution in [1.82, 2.24) is 0 Å². The first-order valence-corrected chi connectivity index (χ1v) is 4.25. The summed E-state index contributed by atoms with van der Waals surface area (Å²) in [4.78, 5) is 10.0. The van der Waals surface area contributed by atoms with Crippen LogP contribution in [-0.2, 0) is 4.79 Å². The smallest absolute Gasteiger partial charge is 0.348 e. The normalized spacial score (nSPS) is 10.2. The lowest BCUT2D eigenvalue weighted by atomic mass is 10.3. The number of carboxylic acids is 1. The van der Waals surface area contributed by atoms with E-state index in [1.807, 2.05) is 12.1 Å². The van der Waals surface area contributed by atoms with Gasteiger partial charge in [0.1, 0.15) is 6.21 Å². The van der Waals surface area contributed by atoms with Crippen LogP contribution >= 0.6 is 15.9 Å².